The summed E-state index contributed by atoms with van der Waals surface area (Å²) in [6, 6.07) is 11.6. The number of benzene rings is 2. The van der Waals surface area contributed by atoms with Gasteiger partial charge in [-0.15, -0.1) is 0 Å². The van der Waals surface area contributed by atoms with Crippen molar-refractivity contribution >= 4 is 31.0 Å². The van der Waals surface area contributed by atoms with Crippen molar-refractivity contribution in [3.63, 3.8) is 0 Å². The van der Waals surface area contributed by atoms with Gasteiger partial charge in [0.2, 0.25) is 5.91 Å². The molecule has 0 radical (unpaired) electrons. The largest absolute Gasteiger partial charge is 0.497 e. The van der Waals surface area contributed by atoms with E-state index in [2.05, 4.69) is 24.5 Å². The van der Waals surface area contributed by atoms with E-state index in [4.69, 9.17) is 30.2 Å². The predicted octanol–water partition coefficient (Wildman–Crippen LogP) is 3.32. The van der Waals surface area contributed by atoms with Gasteiger partial charge in [-0.1, -0.05) is 26.7 Å². The number of unbranched alkanes of at least 4 members (excludes halogenated alkanes) is 1. The van der Waals surface area contributed by atoms with Crippen molar-refractivity contribution in [2.75, 3.05) is 26.6 Å². The SMILES string of the molecule is C=O.C=O.CCCC.CNC(=O)C(Nc1ccc(C(=N)N)cc1)c1cc(OC)cc(OC)c1. The first-order chi connectivity index (χ1) is 15.9. The highest BCUT2D eigenvalue weighted by Crippen LogP contribution is 2.28. The van der Waals surface area contributed by atoms with Crippen molar-refractivity contribution in [2.45, 2.75) is 32.7 Å². The molecule has 33 heavy (non-hydrogen) atoms. The normalized spacial score (nSPS) is 9.73. The number of hydrogen-bond acceptors (Lipinski definition) is 7. The molecular weight excluding hydrogens is 424 g/mol. The van der Waals surface area contributed by atoms with E-state index in [1.165, 1.54) is 12.8 Å². The fourth-order valence-electron chi connectivity index (χ4n) is 2.35. The summed E-state index contributed by atoms with van der Waals surface area (Å²) in [5.41, 5.74) is 7.50. The Labute approximate surface area is 196 Å². The second kappa shape index (κ2) is 18.9. The van der Waals surface area contributed by atoms with Gasteiger partial charge in [0.25, 0.3) is 0 Å². The van der Waals surface area contributed by atoms with Crippen molar-refractivity contribution in [3.8, 4) is 11.5 Å². The van der Waals surface area contributed by atoms with Gasteiger partial charge in [0.05, 0.1) is 14.2 Å². The minimum atomic E-state index is -0.642. The molecule has 0 heterocycles. The summed E-state index contributed by atoms with van der Waals surface area (Å²) in [5.74, 6) is 0.979. The van der Waals surface area contributed by atoms with Crippen molar-refractivity contribution in [2.24, 2.45) is 5.73 Å². The van der Waals surface area contributed by atoms with Crippen LogP contribution in [0.25, 0.3) is 0 Å². The van der Waals surface area contributed by atoms with Crippen LogP contribution in [-0.2, 0) is 14.4 Å². The van der Waals surface area contributed by atoms with Crippen LogP contribution in [0.15, 0.2) is 42.5 Å². The van der Waals surface area contributed by atoms with Crippen molar-refractivity contribution in [3.05, 3.63) is 53.6 Å². The molecule has 0 saturated heterocycles. The summed E-state index contributed by atoms with van der Waals surface area (Å²) < 4.78 is 10.6. The zero-order valence-electron chi connectivity index (χ0n) is 20.1. The molecule has 9 heteroatoms. The van der Waals surface area contributed by atoms with Crippen molar-refractivity contribution < 1.29 is 23.9 Å². The molecule has 9 nitrogen and oxygen atoms in total. The van der Waals surface area contributed by atoms with Crippen LogP contribution in [0, 0.1) is 5.41 Å². The van der Waals surface area contributed by atoms with Gasteiger partial charge < -0.3 is 35.4 Å². The Bertz CT molecular complexity index is 802. The van der Waals surface area contributed by atoms with Crippen LogP contribution >= 0.6 is 0 Å². The maximum Gasteiger partial charge on any atom is 0.246 e. The number of carbonyl (C=O) groups is 3. The Hall–Kier alpha value is -3.88. The first-order valence-electron chi connectivity index (χ1n) is 10.1. The standard InChI is InChI=1S/C18H22N4O3.C4H10.2CH2O/c1-21-18(23)16(12-8-14(24-2)10-15(9-12)25-3)22-13-6-4-11(5-7-13)17(19)20;1-3-4-2;2*1-2/h4-10,16,22H,1-3H3,(H3,19,20)(H,21,23);3-4H2,1-2H3;2*1H2. The van der Waals surface area contributed by atoms with E-state index >= 15 is 0 Å². The van der Waals surface area contributed by atoms with Crippen LogP contribution in [0.3, 0.4) is 0 Å². The zero-order valence-corrected chi connectivity index (χ0v) is 20.1. The van der Waals surface area contributed by atoms with Gasteiger partial charge in [-0.25, -0.2) is 0 Å². The number of nitrogen functional groups attached to an aromatic ring is 1. The van der Waals surface area contributed by atoms with Crippen LogP contribution in [-0.4, -0.2) is 46.6 Å². The van der Waals surface area contributed by atoms with E-state index in [0.29, 0.717) is 22.6 Å². The number of methoxy groups -OCH3 is 2. The highest BCUT2D eigenvalue weighted by Gasteiger charge is 2.21. The molecular formula is C24H36N4O5. The van der Waals surface area contributed by atoms with E-state index in [1.54, 1.807) is 63.7 Å². The lowest BCUT2D eigenvalue weighted by molar-refractivity contribution is -0.121. The molecule has 0 aliphatic heterocycles. The Morgan fingerprint density at radius 1 is 0.970 bits per heavy atom. The number of nitrogens with one attached hydrogen (secondary N) is 3. The maximum absolute atomic E-state index is 12.4. The molecule has 0 spiro atoms. The third kappa shape index (κ3) is 11.3. The highest BCUT2D eigenvalue weighted by atomic mass is 16.5. The molecule has 0 saturated carbocycles. The Balaban J connectivity index is 0. The average molecular weight is 461 g/mol. The third-order valence-corrected chi connectivity index (χ3v) is 4.22. The fraction of sp³-hybridized carbons (Fsp3) is 0.333. The van der Waals surface area contributed by atoms with Gasteiger partial charge >= 0.3 is 0 Å². The molecule has 0 bridgehead atoms. The second-order valence-corrected chi connectivity index (χ2v) is 6.33. The van der Waals surface area contributed by atoms with Crippen LogP contribution in [0.2, 0.25) is 0 Å². The van der Waals surface area contributed by atoms with Gasteiger partial charge in [0.1, 0.15) is 37.0 Å². The van der Waals surface area contributed by atoms with Gasteiger partial charge in [0.15, 0.2) is 0 Å². The predicted molar refractivity (Wildman–Crippen MR) is 132 cm³/mol. The van der Waals surface area contributed by atoms with Gasteiger partial charge in [-0.05, 0) is 42.0 Å². The molecule has 182 valence electrons. The number of rotatable bonds is 8. The molecule has 2 aromatic rings. The van der Waals surface area contributed by atoms with Crippen molar-refractivity contribution in [1.29, 1.82) is 5.41 Å². The van der Waals surface area contributed by atoms with Crippen LogP contribution in [0.5, 0.6) is 11.5 Å². The average Bonchev–Trinajstić information content (AvgIpc) is 2.89. The number of carbonyl (C=O) groups excluding carboxylic acids is 3. The number of likely N-dealkylation sites (N-methyl/N-ethyl adjacent to an activating group) is 1. The molecule has 2 aromatic carbocycles. The third-order valence-electron chi connectivity index (χ3n) is 4.22. The maximum atomic E-state index is 12.4. The van der Waals surface area contributed by atoms with Crippen LogP contribution in [0.1, 0.15) is 43.9 Å². The monoisotopic (exact) mass is 460 g/mol. The Kier molecular flexibility index (Phi) is 17.9. The number of nitrogens with two attached hydrogens (primary N) is 1. The van der Waals surface area contributed by atoms with E-state index in [-0.39, 0.29) is 11.7 Å². The van der Waals surface area contributed by atoms with E-state index in [9.17, 15) is 4.79 Å². The number of amides is 1. The second-order valence-electron chi connectivity index (χ2n) is 6.33. The van der Waals surface area contributed by atoms with E-state index in [1.807, 2.05) is 13.6 Å². The Morgan fingerprint density at radius 2 is 1.42 bits per heavy atom. The first-order valence-corrected chi connectivity index (χ1v) is 10.1. The summed E-state index contributed by atoms with van der Waals surface area (Å²) in [6.45, 7) is 8.36. The van der Waals surface area contributed by atoms with E-state index < -0.39 is 6.04 Å². The van der Waals surface area contributed by atoms with Crippen molar-refractivity contribution in [1.82, 2.24) is 5.32 Å². The topological polar surface area (TPSA) is 144 Å². The molecule has 0 fully saturated rings. The molecule has 1 unspecified atom stereocenters. The smallest absolute Gasteiger partial charge is 0.246 e. The summed E-state index contributed by atoms with van der Waals surface area (Å²) in [4.78, 5) is 28.4. The minimum Gasteiger partial charge on any atom is -0.497 e. The molecule has 5 N–H and O–H groups in total. The lowest BCUT2D eigenvalue weighted by Gasteiger charge is -2.20. The molecule has 1 amide bonds. The summed E-state index contributed by atoms with van der Waals surface area (Å²) in [6.07, 6.45) is 2.64. The van der Waals surface area contributed by atoms with Gasteiger partial charge in [0, 0.05) is 24.4 Å². The minimum absolute atomic E-state index is 0.00747. The number of hydrogen-bond donors (Lipinski definition) is 4. The molecule has 0 aliphatic rings. The first kappa shape index (κ1) is 31.3. The molecule has 0 aliphatic carbocycles. The number of amidine groups is 1. The summed E-state index contributed by atoms with van der Waals surface area (Å²) >= 11 is 0. The van der Waals surface area contributed by atoms with Gasteiger partial charge in [-0.3, -0.25) is 10.2 Å². The summed E-state index contributed by atoms with van der Waals surface area (Å²) in [5, 5.41) is 13.3. The van der Waals surface area contributed by atoms with Crippen LogP contribution < -0.4 is 25.8 Å². The quantitative estimate of drug-likeness (QED) is 0.349. The van der Waals surface area contributed by atoms with Crippen LogP contribution in [0.4, 0.5) is 5.69 Å². The zero-order chi connectivity index (χ0) is 25.8. The lowest BCUT2D eigenvalue weighted by Crippen LogP contribution is -2.31. The van der Waals surface area contributed by atoms with E-state index in [0.717, 1.165) is 5.69 Å². The highest BCUT2D eigenvalue weighted by molar-refractivity contribution is 5.95. The fourth-order valence-corrected chi connectivity index (χ4v) is 2.35. The molecule has 0 aromatic heterocycles. The molecule has 2 rings (SSSR count). The Morgan fingerprint density at radius 3 is 1.76 bits per heavy atom. The van der Waals surface area contributed by atoms with Gasteiger partial charge in [-0.2, -0.15) is 0 Å². The number of ether oxygens (including phenoxy) is 2. The summed E-state index contributed by atoms with van der Waals surface area (Å²) in [7, 11) is 4.69. The lowest BCUT2D eigenvalue weighted by atomic mass is 10.0. The number of anilines is 1. The molecule has 1 atom stereocenters.